The van der Waals surface area contributed by atoms with Crippen LogP contribution in [-0.2, 0) is 17.7 Å². The van der Waals surface area contributed by atoms with Crippen LogP contribution in [0.2, 0.25) is 5.02 Å². The van der Waals surface area contributed by atoms with Crippen molar-refractivity contribution in [1.82, 2.24) is 10.2 Å². The van der Waals surface area contributed by atoms with Crippen LogP contribution in [0.15, 0.2) is 18.2 Å². The summed E-state index contributed by atoms with van der Waals surface area (Å²) in [5.41, 5.74) is 2.59. The third kappa shape index (κ3) is 4.43. The van der Waals surface area contributed by atoms with E-state index in [0.717, 1.165) is 50.8 Å². The number of halogens is 1. The van der Waals surface area contributed by atoms with Gasteiger partial charge in [-0.3, -0.25) is 4.90 Å². The van der Waals surface area contributed by atoms with Crippen LogP contribution in [0.5, 0.6) is 0 Å². The highest BCUT2D eigenvalue weighted by molar-refractivity contribution is 6.31. The highest BCUT2D eigenvalue weighted by Crippen LogP contribution is 2.22. The number of rotatable bonds is 4. The van der Waals surface area contributed by atoms with Gasteiger partial charge in [0.1, 0.15) is 0 Å². The minimum Gasteiger partial charge on any atom is -0.379 e. The Morgan fingerprint density at radius 2 is 2.10 bits per heavy atom. The van der Waals surface area contributed by atoms with Crippen LogP contribution in [0.1, 0.15) is 30.4 Å². The van der Waals surface area contributed by atoms with Gasteiger partial charge in [0, 0.05) is 30.7 Å². The summed E-state index contributed by atoms with van der Waals surface area (Å²) in [4.78, 5) is 2.41. The zero-order valence-corrected chi connectivity index (χ0v) is 13.4. The molecular formula is C17H25ClN2O. The van der Waals surface area contributed by atoms with Crippen LogP contribution >= 0.6 is 11.6 Å². The normalized spacial score (nSPS) is 24.1. The Bertz CT molecular complexity index is 454. The zero-order chi connectivity index (χ0) is 14.5. The number of ether oxygens (including phenoxy) is 1. The summed E-state index contributed by atoms with van der Waals surface area (Å²) < 4.78 is 5.39. The van der Waals surface area contributed by atoms with E-state index in [4.69, 9.17) is 16.3 Å². The lowest BCUT2D eigenvalue weighted by Crippen LogP contribution is -2.36. The molecule has 2 aliphatic heterocycles. The summed E-state index contributed by atoms with van der Waals surface area (Å²) in [5, 5.41) is 4.51. The van der Waals surface area contributed by atoms with Gasteiger partial charge in [0.15, 0.2) is 0 Å². The minimum atomic E-state index is 0.625. The van der Waals surface area contributed by atoms with Gasteiger partial charge in [-0.15, -0.1) is 0 Å². The number of benzene rings is 1. The lowest BCUT2D eigenvalue weighted by atomic mass is 9.97. The molecule has 0 aromatic heterocycles. The van der Waals surface area contributed by atoms with E-state index in [-0.39, 0.29) is 0 Å². The fraction of sp³-hybridized carbons (Fsp3) is 0.647. The van der Waals surface area contributed by atoms with E-state index in [0.29, 0.717) is 6.04 Å². The first-order valence-electron chi connectivity index (χ1n) is 8.12. The number of nitrogens with one attached hydrogen (secondary N) is 1. The standard InChI is InChI=1S/C17H25ClN2O/c18-17-12-14(11-16-3-1-2-6-19-16)4-5-15(17)13-20-7-9-21-10-8-20/h4-5,12,16,19H,1-3,6-11,13H2. The van der Waals surface area contributed by atoms with E-state index in [1.165, 1.54) is 30.4 Å². The zero-order valence-electron chi connectivity index (χ0n) is 12.6. The average molecular weight is 309 g/mol. The van der Waals surface area contributed by atoms with Crippen LogP contribution in [-0.4, -0.2) is 43.8 Å². The lowest BCUT2D eigenvalue weighted by Gasteiger charge is -2.27. The third-order valence-corrected chi connectivity index (χ3v) is 4.86. The molecule has 2 saturated heterocycles. The van der Waals surface area contributed by atoms with E-state index in [9.17, 15) is 0 Å². The number of piperidine rings is 1. The molecule has 0 radical (unpaired) electrons. The Balaban J connectivity index is 1.59. The number of hydrogen-bond acceptors (Lipinski definition) is 3. The maximum absolute atomic E-state index is 6.49. The van der Waals surface area contributed by atoms with Crippen molar-refractivity contribution in [3.63, 3.8) is 0 Å². The molecule has 1 aromatic carbocycles. The number of hydrogen-bond donors (Lipinski definition) is 1. The summed E-state index contributed by atoms with van der Waals surface area (Å²) in [6, 6.07) is 7.24. The van der Waals surface area contributed by atoms with E-state index in [1.54, 1.807) is 0 Å². The average Bonchev–Trinajstić information content (AvgIpc) is 2.52. The summed E-state index contributed by atoms with van der Waals surface area (Å²) >= 11 is 6.49. The van der Waals surface area contributed by atoms with E-state index in [1.807, 2.05) is 0 Å². The third-order valence-electron chi connectivity index (χ3n) is 4.51. The molecule has 21 heavy (non-hydrogen) atoms. The SMILES string of the molecule is Clc1cc(CC2CCCCN2)ccc1CN1CCOCC1. The molecule has 1 aromatic rings. The van der Waals surface area contributed by atoms with Crippen molar-refractivity contribution < 1.29 is 4.74 Å². The molecule has 3 nitrogen and oxygen atoms in total. The molecule has 116 valence electrons. The van der Waals surface area contributed by atoms with Gasteiger partial charge in [-0.1, -0.05) is 30.2 Å². The maximum atomic E-state index is 6.49. The van der Waals surface area contributed by atoms with Crippen molar-refractivity contribution in [2.45, 2.75) is 38.3 Å². The topological polar surface area (TPSA) is 24.5 Å². The molecule has 2 heterocycles. The Morgan fingerprint density at radius 3 is 2.81 bits per heavy atom. The van der Waals surface area contributed by atoms with Gasteiger partial charge in [0.05, 0.1) is 13.2 Å². The summed E-state index contributed by atoms with van der Waals surface area (Å²) in [6.45, 7) is 5.78. The van der Waals surface area contributed by atoms with Gasteiger partial charge in [-0.25, -0.2) is 0 Å². The van der Waals surface area contributed by atoms with Crippen molar-refractivity contribution in [2.75, 3.05) is 32.8 Å². The van der Waals surface area contributed by atoms with Gasteiger partial charge in [0.25, 0.3) is 0 Å². The van der Waals surface area contributed by atoms with E-state index < -0.39 is 0 Å². The molecular weight excluding hydrogens is 284 g/mol. The second-order valence-corrected chi connectivity index (χ2v) is 6.57. The van der Waals surface area contributed by atoms with Gasteiger partial charge < -0.3 is 10.1 Å². The monoisotopic (exact) mass is 308 g/mol. The molecule has 3 rings (SSSR count). The van der Waals surface area contributed by atoms with Crippen LogP contribution < -0.4 is 5.32 Å². The molecule has 1 N–H and O–H groups in total. The number of morpholine rings is 1. The Hall–Kier alpha value is -0.610. The molecule has 1 unspecified atom stereocenters. The quantitative estimate of drug-likeness (QED) is 0.925. The molecule has 0 bridgehead atoms. The number of nitrogens with zero attached hydrogens (tertiary/aromatic N) is 1. The molecule has 2 aliphatic rings. The van der Waals surface area contributed by atoms with Gasteiger partial charge >= 0.3 is 0 Å². The van der Waals surface area contributed by atoms with Crippen molar-refractivity contribution >= 4 is 11.6 Å². The van der Waals surface area contributed by atoms with Crippen LogP contribution in [0.3, 0.4) is 0 Å². The molecule has 0 amide bonds. The Morgan fingerprint density at radius 1 is 1.24 bits per heavy atom. The predicted octanol–water partition coefficient (Wildman–Crippen LogP) is 2.86. The van der Waals surface area contributed by atoms with Crippen LogP contribution in [0, 0.1) is 0 Å². The summed E-state index contributed by atoms with van der Waals surface area (Å²) in [6.07, 6.45) is 5.04. The second kappa shape index (κ2) is 7.59. The first-order chi connectivity index (χ1) is 10.3. The highest BCUT2D eigenvalue weighted by atomic mass is 35.5. The van der Waals surface area contributed by atoms with Crippen molar-refractivity contribution in [3.8, 4) is 0 Å². The molecule has 1 atom stereocenters. The lowest BCUT2D eigenvalue weighted by molar-refractivity contribution is 0.0342. The minimum absolute atomic E-state index is 0.625. The molecule has 0 aliphatic carbocycles. The van der Waals surface area contributed by atoms with Crippen LogP contribution in [0.25, 0.3) is 0 Å². The highest BCUT2D eigenvalue weighted by Gasteiger charge is 2.15. The maximum Gasteiger partial charge on any atom is 0.0594 e. The van der Waals surface area contributed by atoms with Gasteiger partial charge in [0.2, 0.25) is 0 Å². The smallest absolute Gasteiger partial charge is 0.0594 e. The summed E-state index contributed by atoms with van der Waals surface area (Å²) in [5.74, 6) is 0. The van der Waals surface area contributed by atoms with Crippen molar-refractivity contribution in [1.29, 1.82) is 0 Å². The predicted molar refractivity (Wildman–Crippen MR) is 86.9 cm³/mol. The van der Waals surface area contributed by atoms with E-state index in [2.05, 4.69) is 28.4 Å². The molecule has 0 saturated carbocycles. The summed E-state index contributed by atoms with van der Waals surface area (Å²) in [7, 11) is 0. The fourth-order valence-corrected chi connectivity index (χ4v) is 3.49. The van der Waals surface area contributed by atoms with Crippen LogP contribution in [0.4, 0.5) is 0 Å². The first kappa shape index (κ1) is 15.3. The second-order valence-electron chi connectivity index (χ2n) is 6.17. The Kier molecular flexibility index (Phi) is 5.53. The van der Waals surface area contributed by atoms with E-state index >= 15 is 0 Å². The Labute approximate surface area is 132 Å². The molecule has 4 heteroatoms. The van der Waals surface area contributed by atoms with Gasteiger partial charge in [-0.2, -0.15) is 0 Å². The first-order valence-corrected chi connectivity index (χ1v) is 8.50. The van der Waals surface area contributed by atoms with Crippen molar-refractivity contribution in [2.24, 2.45) is 0 Å². The molecule has 2 fully saturated rings. The molecule has 0 spiro atoms. The van der Waals surface area contributed by atoms with Crippen molar-refractivity contribution in [3.05, 3.63) is 34.3 Å². The van der Waals surface area contributed by atoms with Gasteiger partial charge in [-0.05, 0) is 43.0 Å². The largest absolute Gasteiger partial charge is 0.379 e. The fourth-order valence-electron chi connectivity index (χ4n) is 3.23.